The summed E-state index contributed by atoms with van der Waals surface area (Å²) in [5.74, 6) is -0.714. The normalized spacial score (nSPS) is 16.4. The van der Waals surface area contributed by atoms with Crippen LogP contribution in [0.2, 0.25) is 0 Å². The fourth-order valence-electron chi connectivity index (χ4n) is 1.88. The molecule has 0 aromatic heterocycles. The van der Waals surface area contributed by atoms with E-state index in [1.165, 1.54) is 0 Å². The highest BCUT2D eigenvalue weighted by Gasteiger charge is 2.30. The van der Waals surface area contributed by atoms with Crippen molar-refractivity contribution in [3.8, 4) is 0 Å². The highest BCUT2D eigenvalue weighted by atomic mass is 35.5. The second kappa shape index (κ2) is 5.75. The molecule has 0 unspecified atom stereocenters. The summed E-state index contributed by atoms with van der Waals surface area (Å²) in [5, 5.41) is -0.0189. The Morgan fingerprint density at radius 1 is 1.21 bits per heavy atom. The minimum Gasteiger partial charge on any atom is -0.267 e. The minimum absolute atomic E-state index is 0.0189. The van der Waals surface area contributed by atoms with E-state index in [0.717, 1.165) is 9.87 Å². The Labute approximate surface area is 117 Å². The van der Waals surface area contributed by atoms with Gasteiger partial charge in [0.25, 0.3) is 5.91 Å². The maximum absolute atomic E-state index is 12.1. The molecule has 1 heterocycles. The lowest BCUT2D eigenvalue weighted by atomic mass is 10.2. The van der Waals surface area contributed by atoms with E-state index in [1.54, 1.807) is 6.08 Å². The van der Waals surface area contributed by atoms with Crippen LogP contribution in [0.5, 0.6) is 0 Å². The number of halogens is 1. The van der Waals surface area contributed by atoms with Crippen molar-refractivity contribution in [3.05, 3.63) is 47.0 Å². The Balaban J connectivity index is 2.07. The van der Waals surface area contributed by atoms with Gasteiger partial charge in [-0.05, 0) is 18.4 Å². The molecule has 0 saturated carbocycles. The SMILES string of the molecule is O=C1C(Cl)=CCCN1S(=O)(=O)CCc1ccccc1. The van der Waals surface area contributed by atoms with Crippen LogP contribution in [-0.4, -0.2) is 30.9 Å². The first-order chi connectivity index (χ1) is 9.00. The molecule has 0 atom stereocenters. The van der Waals surface area contributed by atoms with E-state index in [0.29, 0.717) is 12.8 Å². The number of hydrogen-bond acceptors (Lipinski definition) is 3. The van der Waals surface area contributed by atoms with Gasteiger partial charge >= 0.3 is 0 Å². The molecule has 102 valence electrons. The van der Waals surface area contributed by atoms with E-state index >= 15 is 0 Å². The van der Waals surface area contributed by atoms with Crippen molar-refractivity contribution in [1.29, 1.82) is 0 Å². The van der Waals surface area contributed by atoms with Gasteiger partial charge in [-0.2, -0.15) is 0 Å². The second-order valence-corrected chi connectivity index (χ2v) is 6.69. The fourth-order valence-corrected chi connectivity index (χ4v) is 3.59. The molecule has 0 radical (unpaired) electrons. The highest BCUT2D eigenvalue weighted by molar-refractivity contribution is 7.89. The summed E-state index contributed by atoms with van der Waals surface area (Å²) in [4.78, 5) is 11.7. The molecular weight excluding hydrogens is 286 g/mol. The fraction of sp³-hybridized carbons (Fsp3) is 0.308. The zero-order valence-electron chi connectivity index (χ0n) is 10.3. The van der Waals surface area contributed by atoms with Crippen LogP contribution < -0.4 is 0 Å². The van der Waals surface area contributed by atoms with Crippen LogP contribution in [0, 0.1) is 0 Å². The lowest BCUT2D eigenvalue weighted by molar-refractivity contribution is -0.122. The predicted molar refractivity (Wildman–Crippen MR) is 74.2 cm³/mol. The first-order valence-corrected chi connectivity index (χ1v) is 7.94. The van der Waals surface area contributed by atoms with Crippen molar-refractivity contribution < 1.29 is 13.2 Å². The van der Waals surface area contributed by atoms with Gasteiger partial charge in [0.1, 0.15) is 5.03 Å². The van der Waals surface area contributed by atoms with Crippen LogP contribution in [-0.2, 0) is 21.2 Å². The quantitative estimate of drug-likeness (QED) is 0.853. The van der Waals surface area contributed by atoms with Gasteiger partial charge in [-0.25, -0.2) is 12.7 Å². The van der Waals surface area contributed by atoms with Gasteiger partial charge < -0.3 is 0 Å². The lowest BCUT2D eigenvalue weighted by Crippen LogP contribution is -2.41. The van der Waals surface area contributed by atoms with Crippen LogP contribution in [0.4, 0.5) is 0 Å². The van der Waals surface area contributed by atoms with Crippen LogP contribution in [0.3, 0.4) is 0 Å². The number of rotatable bonds is 4. The van der Waals surface area contributed by atoms with Gasteiger partial charge in [0.15, 0.2) is 0 Å². The third-order valence-corrected chi connectivity index (χ3v) is 4.97. The summed E-state index contributed by atoms with van der Waals surface area (Å²) in [6.07, 6.45) is 2.40. The number of hydrogen-bond donors (Lipinski definition) is 0. The first-order valence-electron chi connectivity index (χ1n) is 5.95. The van der Waals surface area contributed by atoms with Crippen molar-refractivity contribution >= 4 is 27.5 Å². The molecule has 1 aromatic rings. The van der Waals surface area contributed by atoms with Gasteiger partial charge in [-0.3, -0.25) is 4.79 Å². The number of carbonyl (C=O) groups is 1. The Morgan fingerprint density at radius 2 is 1.89 bits per heavy atom. The minimum atomic E-state index is -3.61. The second-order valence-electron chi connectivity index (χ2n) is 4.27. The van der Waals surface area contributed by atoms with Gasteiger partial charge in [0.2, 0.25) is 10.0 Å². The van der Waals surface area contributed by atoms with E-state index in [4.69, 9.17) is 11.6 Å². The van der Waals surface area contributed by atoms with Crippen LogP contribution >= 0.6 is 11.6 Å². The van der Waals surface area contributed by atoms with Crippen molar-refractivity contribution in [2.45, 2.75) is 12.8 Å². The molecule has 0 fully saturated rings. The third-order valence-electron chi connectivity index (χ3n) is 2.91. The average molecular weight is 300 g/mol. The average Bonchev–Trinajstić information content (AvgIpc) is 2.41. The number of aryl methyl sites for hydroxylation is 1. The molecule has 1 aliphatic rings. The molecule has 1 amide bonds. The van der Waals surface area contributed by atoms with Crippen LogP contribution in [0.25, 0.3) is 0 Å². The van der Waals surface area contributed by atoms with Gasteiger partial charge in [0.05, 0.1) is 5.75 Å². The van der Waals surface area contributed by atoms with Gasteiger partial charge in [-0.15, -0.1) is 0 Å². The standard InChI is InChI=1S/C13H14ClNO3S/c14-12-7-4-9-15(13(12)16)19(17,18)10-8-11-5-2-1-3-6-11/h1-3,5-7H,4,8-10H2. The van der Waals surface area contributed by atoms with Crippen molar-refractivity contribution in [2.24, 2.45) is 0 Å². The molecule has 6 heteroatoms. The largest absolute Gasteiger partial charge is 0.278 e. The Hall–Kier alpha value is -1.33. The molecule has 0 bridgehead atoms. The van der Waals surface area contributed by atoms with E-state index in [9.17, 15) is 13.2 Å². The summed E-state index contributed by atoms with van der Waals surface area (Å²) in [5.41, 5.74) is 0.928. The molecule has 1 aliphatic heterocycles. The Bertz CT molecular complexity index is 596. The molecule has 4 nitrogen and oxygen atoms in total. The predicted octanol–water partition coefficient (Wildman–Crippen LogP) is 1.91. The monoisotopic (exact) mass is 299 g/mol. The number of amides is 1. The topological polar surface area (TPSA) is 54.5 Å². The smallest absolute Gasteiger partial charge is 0.267 e. The summed E-state index contributed by atoms with van der Waals surface area (Å²) >= 11 is 5.69. The van der Waals surface area contributed by atoms with E-state index in [1.807, 2.05) is 30.3 Å². The lowest BCUT2D eigenvalue weighted by Gasteiger charge is -2.24. The molecule has 0 aliphatic carbocycles. The van der Waals surface area contributed by atoms with E-state index in [2.05, 4.69) is 0 Å². The Morgan fingerprint density at radius 3 is 2.58 bits per heavy atom. The molecule has 0 spiro atoms. The molecule has 2 rings (SSSR count). The first kappa shape index (κ1) is 14.1. The molecule has 0 N–H and O–H groups in total. The number of benzene rings is 1. The summed E-state index contributed by atoms with van der Waals surface area (Å²) in [7, 11) is -3.61. The van der Waals surface area contributed by atoms with E-state index < -0.39 is 15.9 Å². The molecule has 0 saturated heterocycles. The molecule has 19 heavy (non-hydrogen) atoms. The van der Waals surface area contributed by atoms with Crippen LogP contribution in [0.15, 0.2) is 41.4 Å². The van der Waals surface area contributed by atoms with Crippen molar-refractivity contribution in [2.75, 3.05) is 12.3 Å². The summed E-state index contributed by atoms with van der Waals surface area (Å²) < 4.78 is 25.1. The summed E-state index contributed by atoms with van der Waals surface area (Å²) in [6.45, 7) is 0.173. The van der Waals surface area contributed by atoms with E-state index in [-0.39, 0.29) is 17.3 Å². The zero-order valence-corrected chi connectivity index (χ0v) is 11.8. The number of carbonyl (C=O) groups excluding carboxylic acids is 1. The van der Waals surface area contributed by atoms with Gasteiger partial charge in [-0.1, -0.05) is 48.0 Å². The molecular formula is C13H14ClNO3S. The van der Waals surface area contributed by atoms with Crippen LogP contribution in [0.1, 0.15) is 12.0 Å². The third kappa shape index (κ3) is 3.36. The number of sulfonamides is 1. The van der Waals surface area contributed by atoms with Crippen molar-refractivity contribution in [3.63, 3.8) is 0 Å². The zero-order chi connectivity index (χ0) is 13.9. The Kier molecular flexibility index (Phi) is 4.27. The number of nitrogens with zero attached hydrogens (tertiary/aromatic N) is 1. The highest BCUT2D eigenvalue weighted by Crippen LogP contribution is 2.19. The molecule has 1 aromatic carbocycles. The summed E-state index contributed by atoms with van der Waals surface area (Å²) in [6, 6.07) is 9.30. The maximum Gasteiger partial charge on any atom is 0.278 e. The maximum atomic E-state index is 12.1. The van der Waals surface area contributed by atoms with Crippen molar-refractivity contribution in [1.82, 2.24) is 4.31 Å². The van der Waals surface area contributed by atoms with Gasteiger partial charge in [0, 0.05) is 6.54 Å².